The Labute approximate surface area is 114 Å². The molecule has 3 rings (SSSR count). The van der Waals surface area contributed by atoms with Crippen molar-refractivity contribution in [3.05, 3.63) is 52.0 Å². The number of hydrogen-bond acceptors (Lipinski definition) is 1. The molecule has 0 aliphatic carbocycles. The molecule has 0 aliphatic rings. The zero-order valence-corrected chi connectivity index (χ0v) is 11.9. The van der Waals surface area contributed by atoms with E-state index in [4.69, 9.17) is 0 Å². The number of aryl methyl sites for hydroxylation is 2. The van der Waals surface area contributed by atoms with E-state index in [1.165, 1.54) is 11.1 Å². The lowest BCUT2D eigenvalue weighted by molar-refractivity contribution is 1.32. The highest BCUT2D eigenvalue weighted by molar-refractivity contribution is 9.10. The molecule has 0 saturated heterocycles. The maximum Gasteiger partial charge on any atom is 0.139 e. The predicted octanol–water partition coefficient (Wildman–Crippen LogP) is 4.61. The zero-order valence-electron chi connectivity index (χ0n) is 10.3. The summed E-state index contributed by atoms with van der Waals surface area (Å²) < 4.78 is 1.07. The van der Waals surface area contributed by atoms with E-state index in [2.05, 4.69) is 70.1 Å². The molecule has 3 aromatic rings. The standard InChI is InChI=1S/C15H13BrN2/c1-9-3-5-11(12(16)7-9)15-17-13-6-4-10(2)8-14(13)18-15/h3-8H,1-2H3,(H,17,18). The normalized spacial score (nSPS) is 11.1. The second kappa shape index (κ2) is 4.25. The molecule has 0 fully saturated rings. The van der Waals surface area contributed by atoms with Crippen LogP contribution in [0.3, 0.4) is 0 Å². The van der Waals surface area contributed by atoms with Crippen molar-refractivity contribution in [3.8, 4) is 11.4 Å². The molecule has 0 atom stereocenters. The Kier molecular flexibility index (Phi) is 2.71. The lowest BCUT2D eigenvalue weighted by Crippen LogP contribution is -1.83. The van der Waals surface area contributed by atoms with Crippen molar-refractivity contribution in [1.82, 2.24) is 9.97 Å². The van der Waals surface area contributed by atoms with Gasteiger partial charge in [-0.15, -0.1) is 0 Å². The SMILES string of the molecule is Cc1ccc(-c2nc3ccc(C)cc3[nH]2)c(Br)c1. The van der Waals surface area contributed by atoms with Gasteiger partial charge in [-0.25, -0.2) is 4.98 Å². The van der Waals surface area contributed by atoms with Crippen LogP contribution < -0.4 is 0 Å². The van der Waals surface area contributed by atoms with Crippen LogP contribution in [0, 0.1) is 13.8 Å². The number of imidazole rings is 1. The smallest absolute Gasteiger partial charge is 0.139 e. The summed E-state index contributed by atoms with van der Waals surface area (Å²) in [6, 6.07) is 12.5. The number of nitrogens with zero attached hydrogens (tertiary/aromatic N) is 1. The van der Waals surface area contributed by atoms with Crippen molar-refractivity contribution in [3.63, 3.8) is 0 Å². The van der Waals surface area contributed by atoms with Gasteiger partial charge in [0.15, 0.2) is 0 Å². The maximum atomic E-state index is 4.63. The van der Waals surface area contributed by atoms with Gasteiger partial charge < -0.3 is 4.98 Å². The van der Waals surface area contributed by atoms with E-state index in [-0.39, 0.29) is 0 Å². The number of nitrogens with one attached hydrogen (secondary N) is 1. The first-order valence-corrected chi connectivity index (χ1v) is 6.66. The third-order valence-electron chi connectivity index (χ3n) is 3.02. The Morgan fingerprint density at radius 3 is 2.50 bits per heavy atom. The van der Waals surface area contributed by atoms with Crippen LogP contribution in [0.15, 0.2) is 40.9 Å². The highest BCUT2D eigenvalue weighted by atomic mass is 79.9. The summed E-state index contributed by atoms with van der Waals surface area (Å²) in [5, 5.41) is 0. The molecule has 0 aliphatic heterocycles. The van der Waals surface area contributed by atoms with Crippen LogP contribution in [0.1, 0.15) is 11.1 Å². The molecule has 1 aromatic heterocycles. The monoisotopic (exact) mass is 300 g/mol. The topological polar surface area (TPSA) is 28.7 Å². The minimum atomic E-state index is 0.905. The predicted molar refractivity (Wildman–Crippen MR) is 78.7 cm³/mol. The van der Waals surface area contributed by atoms with Gasteiger partial charge in [-0.3, -0.25) is 0 Å². The van der Waals surface area contributed by atoms with E-state index in [0.29, 0.717) is 0 Å². The van der Waals surface area contributed by atoms with Crippen LogP contribution in [0.2, 0.25) is 0 Å². The highest BCUT2D eigenvalue weighted by Gasteiger charge is 2.08. The first-order valence-electron chi connectivity index (χ1n) is 5.86. The van der Waals surface area contributed by atoms with E-state index in [1.54, 1.807) is 0 Å². The van der Waals surface area contributed by atoms with Crippen LogP contribution in [0.25, 0.3) is 22.4 Å². The fourth-order valence-corrected chi connectivity index (χ4v) is 2.74. The fraction of sp³-hybridized carbons (Fsp3) is 0.133. The second-order valence-electron chi connectivity index (χ2n) is 4.59. The molecule has 1 N–H and O–H groups in total. The number of benzene rings is 2. The van der Waals surface area contributed by atoms with Crippen molar-refractivity contribution < 1.29 is 0 Å². The highest BCUT2D eigenvalue weighted by Crippen LogP contribution is 2.28. The van der Waals surface area contributed by atoms with E-state index in [1.807, 2.05) is 6.07 Å². The lowest BCUT2D eigenvalue weighted by atomic mass is 10.1. The molecule has 0 radical (unpaired) electrons. The molecule has 0 unspecified atom stereocenters. The Hall–Kier alpha value is -1.61. The van der Waals surface area contributed by atoms with Gasteiger partial charge in [0.25, 0.3) is 0 Å². The first kappa shape index (κ1) is 11.5. The molecule has 0 saturated carbocycles. The third kappa shape index (κ3) is 1.95. The second-order valence-corrected chi connectivity index (χ2v) is 5.44. The fourth-order valence-electron chi connectivity index (χ4n) is 2.06. The Balaban J connectivity index is 2.19. The van der Waals surface area contributed by atoms with Gasteiger partial charge in [-0.1, -0.05) is 28.1 Å². The molecule has 1 heterocycles. The van der Waals surface area contributed by atoms with Gasteiger partial charge >= 0.3 is 0 Å². The van der Waals surface area contributed by atoms with Gasteiger partial charge in [-0.05, 0) is 49.2 Å². The van der Waals surface area contributed by atoms with Gasteiger partial charge in [-0.2, -0.15) is 0 Å². The molecule has 0 amide bonds. The van der Waals surface area contributed by atoms with Crippen molar-refractivity contribution in [2.24, 2.45) is 0 Å². The van der Waals surface area contributed by atoms with Gasteiger partial charge in [0.2, 0.25) is 0 Å². The third-order valence-corrected chi connectivity index (χ3v) is 3.67. The minimum absolute atomic E-state index is 0.905. The van der Waals surface area contributed by atoms with E-state index < -0.39 is 0 Å². The Morgan fingerprint density at radius 1 is 1.00 bits per heavy atom. The summed E-state index contributed by atoms with van der Waals surface area (Å²) in [6.07, 6.45) is 0. The summed E-state index contributed by atoms with van der Waals surface area (Å²) in [6.45, 7) is 4.16. The van der Waals surface area contributed by atoms with E-state index in [0.717, 1.165) is 26.9 Å². The summed E-state index contributed by atoms with van der Waals surface area (Å²) >= 11 is 3.60. The average molecular weight is 301 g/mol. The number of aromatic amines is 1. The summed E-state index contributed by atoms with van der Waals surface area (Å²) in [4.78, 5) is 8.00. The van der Waals surface area contributed by atoms with Crippen molar-refractivity contribution in [2.45, 2.75) is 13.8 Å². The number of aromatic nitrogens is 2. The van der Waals surface area contributed by atoms with Gasteiger partial charge in [0.05, 0.1) is 11.0 Å². The number of halogens is 1. The molecule has 18 heavy (non-hydrogen) atoms. The van der Waals surface area contributed by atoms with E-state index >= 15 is 0 Å². The van der Waals surface area contributed by atoms with Gasteiger partial charge in [0, 0.05) is 10.0 Å². The lowest BCUT2D eigenvalue weighted by Gasteiger charge is -2.01. The van der Waals surface area contributed by atoms with Crippen LogP contribution in [0.5, 0.6) is 0 Å². The quantitative estimate of drug-likeness (QED) is 0.698. The van der Waals surface area contributed by atoms with Crippen molar-refractivity contribution in [1.29, 1.82) is 0 Å². The number of hydrogen-bond donors (Lipinski definition) is 1. The largest absolute Gasteiger partial charge is 0.338 e. The van der Waals surface area contributed by atoms with Crippen LogP contribution in [0.4, 0.5) is 0 Å². The van der Waals surface area contributed by atoms with Gasteiger partial charge in [0.1, 0.15) is 5.82 Å². The van der Waals surface area contributed by atoms with Crippen molar-refractivity contribution >= 4 is 27.0 Å². The molecular formula is C15H13BrN2. The molecule has 2 nitrogen and oxygen atoms in total. The molecule has 0 spiro atoms. The van der Waals surface area contributed by atoms with Crippen LogP contribution in [-0.2, 0) is 0 Å². The molecule has 90 valence electrons. The molecular weight excluding hydrogens is 288 g/mol. The van der Waals surface area contributed by atoms with E-state index in [9.17, 15) is 0 Å². The first-order chi connectivity index (χ1) is 8.63. The molecule has 3 heteroatoms. The number of H-pyrrole nitrogens is 1. The summed E-state index contributed by atoms with van der Waals surface area (Å²) in [5.41, 5.74) is 5.65. The number of fused-ring (bicyclic) bond motifs is 1. The Bertz CT molecular complexity index is 728. The van der Waals surface area contributed by atoms with Crippen molar-refractivity contribution in [2.75, 3.05) is 0 Å². The zero-order chi connectivity index (χ0) is 12.7. The maximum absolute atomic E-state index is 4.63. The molecule has 2 aromatic carbocycles. The van der Waals surface area contributed by atoms with Crippen LogP contribution >= 0.6 is 15.9 Å². The average Bonchev–Trinajstić information content (AvgIpc) is 2.71. The Morgan fingerprint density at radius 2 is 1.72 bits per heavy atom. The van der Waals surface area contributed by atoms with Crippen LogP contribution in [-0.4, -0.2) is 9.97 Å². The molecule has 0 bridgehead atoms. The summed E-state index contributed by atoms with van der Waals surface area (Å²) in [5.74, 6) is 0.905. The minimum Gasteiger partial charge on any atom is -0.338 e. The number of rotatable bonds is 1. The summed E-state index contributed by atoms with van der Waals surface area (Å²) in [7, 11) is 0.